The van der Waals surface area contributed by atoms with Crippen LogP contribution in [0.5, 0.6) is 0 Å². The number of nitrogens with one attached hydrogen (secondary N) is 1. The van der Waals surface area contributed by atoms with Crippen LogP contribution in [0.2, 0.25) is 0 Å². The van der Waals surface area contributed by atoms with E-state index in [4.69, 9.17) is 5.14 Å². The lowest BCUT2D eigenvalue weighted by molar-refractivity contribution is -0.118. The number of benzene rings is 1. The van der Waals surface area contributed by atoms with Crippen molar-refractivity contribution in [1.82, 2.24) is 14.9 Å². The van der Waals surface area contributed by atoms with Gasteiger partial charge in [-0.25, -0.2) is 18.5 Å². The minimum absolute atomic E-state index is 0.00102. The Labute approximate surface area is 189 Å². The van der Waals surface area contributed by atoms with Crippen LogP contribution in [0.1, 0.15) is 34.8 Å². The second kappa shape index (κ2) is 9.94. The van der Waals surface area contributed by atoms with E-state index in [-0.39, 0.29) is 22.3 Å². The first-order valence-corrected chi connectivity index (χ1v) is 13.1. The summed E-state index contributed by atoms with van der Waals surface area (Å²) in [5.41, 5.74) is 1.34. The third kappa shape index (κ3) is 5.94. The van der Waals surface area contributed by atoms with E-state index >= 15 is 0 Å². The van der Waals surface area contributed by atoms with Crippen LogP contribution in [-0.4, -0.2) is 42.0 Å². The van der Waals surface area contributed by atoms with Crippen molar-refractivity contribution < 1.29 is 18.0 Å². The molecule has 0 saturated heterocycles. The van der Waals surface area contributed by atoms with E-state index in [1.165, 1.54) is 42.2 Å². The molecule has 0 spiro atoms. The molecule has 0 aliphatic rings. The highest BCUT2D eigenvalue weighted by Gasteiger charge is 2.17. The summed E-state index contributed by atoms with van der Waals surface area (Å²) in [6.07, 6.45) is 1.55. The fraction of sp³-hybridized carbons (Fsp3) is 0.350. The number of aromatic nitrogens is 2. The molecule has 1 aromatic carbocycles. The molecule has 3 rings (SSSR count). The molecule has 0 aliphatic carbocycles. The average molecular weight is 481 g/mol. The minimum atomic E-state index is -3.81. The Kier molecular flexibility index (Phi) is 7.52. The minimum Gasteiger partial charge on any atom is -0.356 e. The van der Waals surface area contributed by atoms with E-state index < -0.39 is 10.0 Å². The number of thiophene rings is 1. The first-order valence-electron chi connectivity index (χ1n) is 9.71. The number of thioether (sulfide) groups is 1. The number of fused-ring (bicyclic) bond motifs is 1. The summed E-state index contributed by atoms with van der Waals surface area (Å²) in [5, 5.41) is 8.64. The first kappa shape index (κ1) is 23.5. The van der Waals surface area contributed by atoms with E-state index in [1.807, 2.05) is 23.6 Å². The monoisotopic (exact) mass is 480 g/mol. The summed E-state index contributed by atoms with van der Waals surface area (Å²) in [6.45, 7) is 4.76. The molecule has 0 aliphatic heterocycles. The molecule has 2 heterocycles. The molecule has 3 aromatic rings. The summed E-state index contributed by atoms with van der Waals surface area (Å²) in [4.78, 5) is 29.9. The topological polar surface area (TPSA) is 124 Å². The van der Waals surface area contributed by atoms with E-state index in [2.05, 4.69) is 10.3 Å². The number of hydrogen-bond donors (Lipinski definition) is 2. The van der Waals surface area contributed by atoms with Crippen molar-refractivity contribution in [3.8, 4) is 0 Å². The summed E-state index contributed by atoms with van der Waals surface area (Å²) in [5.74, 6) is 0.150. The Morgan fingerprint density at radius 1 is 1.26 bits per heavy atom. The van der Waals surface area contributed by atoms with Crippen LogP contribution >= 0.6 is 23.1 Å². The maximum absolute atomic E-state index is 12.7. The van der Waals surface area contributed by atoms with Crippen molar-refractivity contribution in [1.29, 1.82) is 0 Å². The summed E-state index contributed by atoms with van der Waals surface area (Å²) >= 11 is 2.76. The molecule has 1 amide bonds. The molecule has 0 unspecified atom stereocenters. The van der Waals surface area contributed by atoms with Gasteiger partial charge in [0.05, 0.1) is 26.6 Å². The van der Waals surface area contributed by atoms with Crippen molar-refractivity contribution in [2.45, 2.75) is 43.3 Å². The summed E-state index contributed by atoms with van der Waals surface area (Å²) in [6, 6.07) is 8.35. The van der Waals surface area contributed by atoms with Crippen LogP contribution in [0.3, 0.4) is 0 Å². The van der Waals surface area contributed by atoms with E-state index in [1.54, 1.807) is 6.07 Å². The molecule has 0 fully saturated rings. The SMILES string of the molecule is CCCn1c(SCC(=O)c2ccc(CCNC(C)=O)s2)nc2cc(S(N)(=O)=O)ccc21. The normalized spacial score (nSPS) is 11.7. The number of ketones is 1. The quantitative estimate of drug-likeness (QED) is 0.340. The molecule has 2 aromatic heterocycles. The van der Waals surface area contributed by atoms with Gasteiger partial charge in [-0.15, -0.1) is 11.3 Å². The average Bonchev–Trinajstić information content (AvgIpc) is 3.30. The molecule has 3 N–H and O–H groups in total. The zero-order valence-electron chi connectivity index (χ0n) is 17.3. The van der Waals surface area contributed by atoms with Crippen LogP contribution < -0.4 is 10.5 Å². The zero-order chi connectivity index (χ0) is 22.6. The highest BCUT2D eigenvalue weighted by Crippen LogP contribution is 2.28. The van der Waals surface area contributed by atoms with Crippen molar-refractivity contribution in [2.75, 3.05) is 12.3 Å². The number of amides is 1. The Bertz CT molecular complexity index is 1210. The van der Waals surface area contributed by atoms with Crippen LogP contribution in [0.15, 0.2) is 40.4 Å². The number of hydrogen-bond acceptors (Lipinski definition) is 7. The van der Waals surface area contributed by atoms with Gasteiger partial charge in [0, 0.05) is 24.9 Å². The Morgan fingerprint density at radius 2 is 2.03 bits per heavy atom. The molecular formula is C20H24N4O4S3. The van der Waals surface area contributed by atoms with Gasteiger partial charge in [0.25, 0.3) is 0 Å². The summed E-state index contributed by atoms with van der Waals surface area (Å²) in [7, 11) is -3.81. The van der Waals surface area contributed by atoms with Gasteiger partial charge in [-0.3, -0.25) is 9.59 Å². The lowest BCUT2D eigenvalue weighted by Gasteiger charge is -2.07. The molecular weight excluding hydrogens is 456 g/mol. The number of imidazole rings is 1. The Hall–Kier alpha value is -2.21. The first-order chi connectivity index (χ1) is 14.7. The van der Waals surface area contributed by atoms with Gasteiger partial charge in [0.1, 0.15) is 0 Å². The molecule has 0 atom stereocenters. The van der Waals surface area contributed by atoms with Crippen LogP contribution in [0.25, 0.3) is 11.0 Å². The van der Waals surface area contributed by atoms with Gasteiger partial charge < -0.3 is 9.88 Å². The third-order valence-corrected chi connectivity index (χ3v) is 7.55. The molecule has 166 valence electrons. The zero-order valence-corrected chi connectivity index (χ0v) is 19.7. The lowest BCUT2D eigenvalue weighted by atomic mass is 10.3. The van der Waals surface area contributed by atoms with E-state index in [9.17, 15) is 18.0 Å². The lowest BCUT2D eigenvalue weighted by Crippen LogP contribution is -2.22. The van der Waals surface area contributed by atoms with Crippen molar-refractivity contribution in [2.24, 2.45) is 5.14 Å². The van der Waals surface area contributed by atoms with E-state index in [0.29, 0.717) is 35.1 Å². The van der Waals surface area contributed by atoms with Crippen molar-refractivity contribution >= 4 is 55.8 Å². The van der Waals surface area contributed by atoms with Crippen LogP contribution in [-0.2, 0) is 27.8 Å². The van der Waals surface area contributed by atoms with E-state index in [0.717, 1.165) is 16.8 Å². The number of aryl methyl sites for hydroxylation is 1. The van der Waals surface area contributed by atoms with Gasteiger partial charge >= 0.3 is 0 Å². The highest BCUT2D eigenvalue weighted by molar-refractivity contribution is 7.99. The standard InChI is InChI=1S/C20H24N4O4S3/c1-3-10-24-17-6-5-15(31(21,27)28)11-16(17)23-20(24)29-12-18(26)19-7-4-14(30-19)8-9-22-13(2)25/h4-7,11H,3,8-10,12H2,1-2H3,(H,22,25)(H2,21,27,28). The number of nitrogens with two attached hydrogens (primary N) is 1. The predicted octanol–water partition coefficient (Wildman–Crippen LogP) is 2.81. The number of nitrogens with zero attached hydrogens (tertiary/aromatic N) is 2. The fourth-order valence-electron chi connectivity index (χ4n) is 3.04. The number of rotatable bonds is 10. The van der Waals surface area contributed by atoms with Gasteiger partial charge in [0.15, 0.2) is 10.9 Å². The molecule has 11 heteroatoms. The second-order valence-corrected chi connectivity index (χ2v) is 10.6. The van der Waals surface area contributed by atoms with Crippen LogP contribution in [0, 0.1) is 0 Å². The predicted molar refractivity (Wildman–Crippen MR) is 123 cm³/mol. The van der Waals surface area contributed by atoms with Crippen molar-refractivity contribution in [3.05, 3.63) is 40.1 Å². The molecule has 8 nitrogen and oxygen atoms in total. The van der Waals surface area contributed by atoms with Crippen LogP contribution in [0.4, 0.5) is 0 Å². The molecule has 0 radical (unpaired) electrons. The largest absolute Gasteiger partial charge is 0.356 e. The molecule has 0 bridgehead atoms. The fourth-order valence-corrected chi connectivity index (χ4v) is 5.53. The maximum Gasteiger partial charge on any atom is 0.238 e. The van der Waals surface area contributed by atoms with Gasteiger partial charge in [-0.2, -0.15) is 0 Å². The molecule has 31 heavy (non-hydrogen) atoms. The van der Waals surface area contributed by atoms with Crippen molar-refractivity contribution in [3.63, 3.8) is 0 Å². The summed E-state index contributed by atoms with van der Waals surface area (Å²) < 4.78 is 25.3. The van der Waals surface area contributed by atoms with Gasteiger partial charge in [0.2, 0.25) is 15.9 Å². The number of primary sulfonamides is 1. The highest BCUT2D eigenvalue weighted by atomic mass is 32.2. The Balaban J connectivity index is 1.74. The smallest absolute Gasteiger partial charge is 0.238 e. The third-order valence-electron chi connectivity index (χ3n) is 4.47. The number of Topliss-reactive ketones (excluding diaryl/α,β-unsaturated/α-hetero) is 1. The van der Waals surface area contributed by atoms with Gasteiger partial charge in [-0.1, -0.05) is 18.7 Å². The maximum atomic E-state index is 12.7. The second-order valence-electron chi connectivity index (χ2n) is 6.95. The van der Waals surface area contributed by atoms with Gasteiger partial charge in [-0.05, 0) is 43.2 Å². The number of sulfonamides is 1. The number of carbonyl (C=O) groups is 2. The Morgan fingerprint density at radius 3 is 2.71 bits per heavy atom. The number of carbonyl (C=O) groups excluding carboxylic acids is 2. The molecule has 0 saturated carbocycles.